The maximum atomic E-state index is 9.78. The van der Waals surface area contributed by atoms with Gasteiger partial charge >= 0.3 is 0 Å². The SMILES string of the molecule is NC[C@H]1CN(c2cnc3c(n2)NC(O)CO3)C(O)O1. The summed E-state index contributed by atoms with van der Waals surface area (Å²) in [5.41, 5.74) is 5.50. The predicted molar refractivity (Wildman–Crippen MR) is 64.4 cm³/mol. The molecule has 1 saturated heterocycles. The van der Waals surface area contributed by atoms with Crippen LogP contribution >= 0.6 is 0 Å². The smallest absolute Gasteiger partial charge is 0.257 e. The number of fused-ring (bicyclic) bond motifs is 1. The number of aromatic nitrogens is 2. The topological polar surface area (TPSA) is 126 Å². The van der Waals surface area contributed by atoms with Gasteiger partial charge in [0.05, 0.1) is 18.8 Å². The van der Waals surface area contributed by atoms with E-state index in [1.165, 1.54) is 11.1 Å². The van der Waals surface area contributed by atoms with E-state index in [9.17, 15) is 10.2 Å². The van der Waals surface area contributed by atoms with Crippen molar-refractivity contribution in [1.29, 1.82) is 0 Å². The fourth-order valence-corrected chi connectivity index (χ4v) is 2.00. The van der Waals surface area contributed by atoms with Crippen molar-refractivity contribution < 1.29 is 19.7 Å². The lowest BCUT2D eigenvalue weighted by molar-refractivity contribution is -0.0857. The number of aliphatic hydroxyl groups excluding tert-OH is 2. The van der Waals surface area contributed by atoms with Crippen LogP contribution in [-0.2, 0) is 4.74 Å². The first-order valence-electron chi connectivity index (χ1n) is 5.92. The Morgan fingerprint density at radius 3 is 3.11 bits per heavy atom. The van der Waals surface area contributed by atoms with E-state index in [0.717, 1.165) is 0 Å². The molecular weight excluding hydrogens is 254 g/mol. The summed E-state index contributed by atoms with van der Waals surface area (Å²) in [6, 6.07) is 0. The van der Waals surface area contributed by atoms with Crippen molar-refractivity contribution >= 4 is 11.6 Å². The van der Waals surface area contributed by atoms with Crippen molar-refractivity contribution in [3.8, 4) is 5.88 Å². The first-order valence-corrected chi connectivity index (χ1v) is 5.92. The van der Waals surface area contributed by atoms with Crippen molar-refractivity contribution in [1.82, 2.24) is 9.97 Å². The highest BCUT2D eigenvalue weighted by molar-refractivity contribution is 5.53. The molecule has 19 heavy (non-hydrogen) atoms. The molecule has 1 aromatic heterocycles. The Hall–Kier alpha value is -1.68. The molecule has 1 aromatic rings. The third kappa shape index (κ3) is 2.28. The molecule has 0 radical (unpaired) electrons. The normalized spacial score (nSPS) is 29.6. The van der Waals surface area contributed by atoms with Gasteiger partial charge in [-0.25, -0.2) is 9.97 Å². The molecule has 0 amide bonds. The van der Waals surface area contributed by atoms with Crippen LogP contribution in [0.3, 0.4) is 0 Å². The minimum absolute atomic E-state index is 0.117. The Labute approximate surface area is 109 Å². The summed E-state index contributed by atoms with van der Waals surface area (Å²) in [5.74, 6) is 1.08. The highest BCUT2D eigenvalue weighted by atomic mass is 16.6. The van der Waals surface area contributed by atoms with Crippen LogP contribution in [-0.4, -0.2) is 58.6 Å². The summed E-state index contributed by atoms with van der Waals surface area (Å²) in [6.45, 7) is 0.853. The maximum absolute atomic E-state index is 9.78. The van der Waals surface area contributed by atoms with Crippen LogP contribution in [0.25, 0.3) is 0 Å². The molecule has 2 aliphatic rings. The minimum Gasteiger partial charge on any atom is -0.470 e. The molecule has 9 nitrogen and oxygen atoms in total. The summed E-state index contributed by atoms with van der Waals surface area (Å²) in [7, 11) is 0. The highest BCUT2D eigenvalue weighted by Crippen LogP contribution is 2.28. The van der Waals surface area contributed by atoms with E-state index in [2.05, 4.69) is 15.3 Å². The number of hydrogen-bond donors (Lipinski definition) is 4. The lowest BCUT2D eigenvalue weighted by atomic mass is 10.3. The van der Waals surface area contributed by atoms with Crippen LogP contribution in [0.2, 0.25) is 0 Å². The van der Waals surface area contributed by atoms with E-state index in [0.29, 0.717) is 30.6 Å². The van der Waals surface area contributed by atoms with Crippen molar-refractivity contribution in [2.45, 2.75) is 18.7 Å². The van der Waals surface area contributed by atoms with Crippen LogP contribution in [0.15, 0.2) is 6.20 Å². The number of aliphatic hydroxyl groups is 2. The molecule has 9 heteroatoms. The fraction of sp³-hybridized carbons (Fsp3) is 0.600. The van der Waals surface area contributed by atoms with E-state index in [-0.39, 0.29) is 12.7 Å². The number of nitrogens with zero attached hydrogens (tertiary/aromatic N) is 3. The third-order valence-corrected chi connectivity index (χ3v) is 2.95. The molecule has 0 aliphatic carbocycles. The second kappa shape index (κ2) is 4.78. The van der Waals surface area contributed by atoms with Crippen LogP contribution in [0.5, 0.6) is 5.88 Å². The third-order valence-electron chi connectivity index (χ3n) is 2.95. The fourth-order valence-electron chi connectivity index (χ4n) is 2.00. The van der Waals surface area contributed by atoms with Crippen LogP contribution < -0.4 is 20.7 Å². The number of anilines is 2. The van der Waals surface area contributed by atoms with Crippen LogP contribution in [0, 0.1) is 0 Å². The van der Waals surface area contributed by atoms with Crippen LogP contribution in [0.1, 0.15) is 0 Å². The average Bonchev–Trinajstić information content (AvgIpc) is 2.79. The van der Waals surface area contributed by atoms with Crippen molar-refractivity contribution in [3.05, 3.63) is 6.20 Å². The number of rotatable bonds is 2. The molecule has 0 bridgehead atoms. The van der Waals surface area contributed by atoms with Crippen molar-refractivity contribution in [2.75, 3.05) is 29.9 Å². The molecule has 3 atom stereocenters. The largest absolute Gasteiger partial charge is 0.470 e. The summed E-state index contributed by atoms with van der Waals surface area (Å²) in [4.78, 5) is 9.87. The van der Waals surface area contributed by atoms with Gasteiger partial charge in [-0.15, -0.1) is 0 Å². The molecule has 1 fully saturated rings. The molecule has 0 saturated carbocycles. The second-order valence-electron chi connectivity index (χ2n) is 4.33. The molecule has 5 N–H and O–H groups in total. The monoisotopic (exact) mass is 269 g/mol. The number of ether oxygens (including phenoxy) is 2. The van der Waals surface area contributed by atoms with Gasteiger partial charge in [-0.3, -0.25) is 0 Å². The Morgan fingerprint density at radius 2 is 2.37 bits per heavy atom. The maximum Gasteiger partial charge on any atom is 0.257 e. The number of hydrogen-bond acceptors (Lipinski definition) is 9. The van der Waals surface area contributed by atoms with Gasteiger partial charge in [0, 0.05) is 6.54 Å². The summed E-state index contributed by atoms with van der Waals surface area (Å²) < 4.78 is 10.4. The lowest BCUT2D eigenvalue weighted by Gasteiger charge is -2.24. The Morgan fingerprint density at radius 1 is 1.53 bits per heavy atom. The van der Waals surface area contributed by atoms with Gasteiger partial charge < -0.3 is 35.6 Å². The molecule has 3 heterocycles. The molecule has 3 rings (SSSR count). The van der Waals surface area contributed by atoms with E-state index in [1.807, 2.05) is 0 Å². The van der Waals surface area contributed by atoms with Gasteiger partial charge in [-0.1, -0.05) is 0 Å². The quantitative estimate of drug-likeness (QED) is 0.484. The molecule has 0 spiro atoms. The minimum atomic E-state index is -1.10. The highest BCUT2D eigenvalue weighted by Gasteiger charge is 2.32. The summed E-state index contributed by atoms with van der Waals surface area (Å²) in [6.07, 6.45) is -0.699. The first-order chi connectivity index (χ1) is 9.17. The van der Waals surface area contributed by atoms with Gasteiger partial charge in [-0.05, 0) is 0 Å². The van der Waals surface area contributed by atoms with Crippen molar-refractivity contribution in [2.24, 2.45) is 5.73 Å². The lowest BCUT2D eigenvalue weighted by Crippen LogP contribution is -2.34. The Balaban J connectivity index is 1.84. The number of nitrogens with two attached hydrogens (primary N) is 1. The van der Waals surface area contributed by atoms with Gasteiger partial charge in [0.1, 0.15) is 6.61 Å². The molecule has 2 unspecified atom stereocenters. The van der Waals surface area contributed by atoms with Gasteiger partial charge in [0.2, 0.25) is 6.41 Å². The van der Waals surface area contributed by atoms with E-state index in [4.69, 9.17) is 15.2 Å². The van der Waals surface area contributed by atoms with E-state index < -0.39 is 12.6 Å². The zero-order valence-corrected chi connectivity index (χ0v) is 10.1. The zero-order chi connectivity index (χ0) is 13.4. The second-order valence-corrected chi connectivity index (χ2v) is 4.33. The van der Waals surface area contributed by atoms with Gasteiger partial charge in [0.25, 0.3) is 5.88 Å². The molecule has 104 valence electrons. The predicted octanol–water partition coefficient (Wildman–Crippen LogP) is -1.96. The average molecular weight is 269 g/mol. The Kier molecular flexibility index (Phi) is 3.11. The summed E-state index contributed by atoms with van der Waals surface area (Å²) >= 11 is 0. The van der Waals surface area contributed by atoms with Gasteiger partial charge in [-0.2, -0.15) is 0 Å². The zero-order valence-electron chi connectivity index (χ0n) is 10.1. The molecule has 2 aliphatic heterocycles. The standard InChI is InChI=1S/C10H15N5O4/c11-1-5-3-15(10(17)19-5)6-2-12-9-8(13-6)14-7(16)4-18-9/h2,5,7,10,16-17H,1,3-4,11H2,(H,13,14)/t5-,7?,10?/m0/s1. The van der Waals surface area contributed by atoms with Crippen LogP contribution in [0.4, 0.5) is 11.6 Å². The Bertz CT molecular complexity index is 473. The van der Waals surface area contributed by atoms with Crippen molar-refractivity contribution in [3.63, 3.8) is 0 Å². The first kappa shape index (κ1) is 12.4. The molecular formula is C10H15N5O4. The number of nitrogens with one attached hydrogen (secondary N) is 1. The van der Waals surface area contributed by atoms with E-state index in [1.54, 1.807) is 0 Å². The van der Waals surface area contributed by atoms with Gasteiger partial charge in [0.15, 0.2) is 17.9 Å². The van der Waals surface area contributed by atoms with E-state index >= 15 is 0 Å². The molecule has 0 aromatic carbocycles. The summed E-state index contributed by atoms with van der Waals surface area (Å²) in [5, 5.41) is 22.0.